The lowest BCUT2D eigenvalue weighted by Crippen LogP contribution is -2.51. The number of carbonyl (C=O) groups is 2. The smallest absolute Gasteiger partial charge is 0.243 e. The highest BCUT2D eigenvalue weighted by molar-refractivity contribution is 7.89. The summed E-state index contributed by atoms with van der Waals surface area (Å²) in [6.07, 6.45) is 2.45. The first-order valence-electron chi connectivity index (χ1n) is 11.4. The van der Waals surface area contributed by atoms with E-state index in [4.69, 9.17) is 0 Å². The van der Waals surface area contributed by atoms with Crippen LogP contribution in [-0.2, 0) is 19.6 Å². The lowest BCUT2D eigenvalue weighted by Gasteiger charge is -2.36. The summed E-state index contributed by atoms with van der Waals surface area (Å²) in [4.78, 5) is 31.3. The number of piperazine rings is 1. The summed E-state index contributed by atoms with van der Waals surface area (Å²) in [5, 5.41) is 0. The Bertz CT molecular complexity index is 939. The minimum Gasteiger partial charge on any atom is -0.341 e. The number of piperidine rings is 1. The molecule has 0 aromatic heterocycles. The number of benzene rings is 1. The van der Waals surface area contributed by atoms with E-state index in [9.17, 15) is 18.0 Å². The highest BCUT2D eigenvalue weighted by Crippen LogP contribution is 2.23. The highest BCUT2D eigenvalue weighted by Gasteiger charge is 2.31. The topological polar surface area (TPSA) is 81.2 Å². The molecule has 0 N–H and O–H groups in total. The molecule has 0 saturated carbocycles. The molecule has 1 aromatic carbocycles. The molecular formula is C23H36N4O4S. The molecule has 9 heteroatoms. The van der Waals surface area contributed by atoms with Gasteiger partial charge in [0.1, 0.15) is 0 Å². The van der Waals surface area contributed by atoms with Gasteiger partial charge in [-0.3, -0.25) is 9.59 Å². The van der Waals surface area contributed by atoms with Gasteiger partial charge in [-0.1, -0.05) is 12.1 Å². The monoisotopic (exact) mass is 464 g/mol. The fourth-order valence-corrected chi connectivity index (χ4v) is 6.17. The van der Waals surface area contributed by atoms with Crippen LogP contribution in [0.25, 0.3) is 0 Å². The average molecular weight is 465 g/mol. The Hall–Kier alpha value is -1.97. The third-order valence-corrected chi connectivity index (χ3v) is 8.63. The van der Waals surface area contributed by atoms with Crippen molar-refractivity contribution in [2.45, 2.75) is 50.5 Å². The molecule has 2 aliphatic rings. The van der Waals surface area contributed by atoms with Crippen LogP contribution in [0.15, 0.2) is 23.1 Å². The van der Waals surface area contributed by atoms with E-state index in [-0.39, 0.29) is 37.7 Å². The second-order valence-electron chi connectivity index (χ2n) is 9.15. The molecule has 2 fully saturated rings. The van der Waals surface area contributed by atoms with E-state index < -0.39 is 10.0 Å². The standard InChI is InChI=1S/C23H36N4O4S/c1-18-7-8-19(2)21(16-18)32(30,31)27-14-12-25(13-15-27)22(28)9-10-23(29)26-11-5-6-20(17-26)24(3)4/h7-8,16,20H,5-6,9-15,17H2,1-4H3. The van der Waals surface area contributed by atoms with Crippen molar-refractivity contribution < 1.29 is 18.0 Å². The molecule has 1 atom stereocenters. The maximum atomic E-state index is 13.1. The molecule has 2 heterocycles. The van der Waals surface area contributed by atoms with Crippen molar-refractivity contribution in [1.82, 2.24) is 19.0 Å². The van der Waals surface area contributed by atoms with Crippen LogP contribution < -0.4 is 0 Å². The molecule has 0 radical (unpaired) electrons. The number of rotatable bonds is 6. The largest absolute Gasteiger partial charge is 0.341 e. The van der Waals surface area contributed by atoms with Gasteiger partial charge in [0.2, 0.25) is 21.8 Å². The van der Waals surface area contributed by atoms with Gasteiger partial charge in [-0.25, -0.2) is 8.42 Å². The molecule has 1 aromatic rings. The number of amides is 2. The summed E-state index contributed by atoms with van der Waals surface area (Å²) >= 11 is 0. The predicted molar refractivity (Wildman–Crippen MR) is 124 cm³/mol. The number of hydrogen-bond acceptors (Lipinski definition) is 5. The van der Waals surface area contributed by atoms with Gasteiger partial charge >= 0.3 is 0 Å². The second kappa shape index (κ2) is 10.3. The minimum atomic E-state index is -3.59. The fourth-order valence-electron chi connectivity index (χ4n) is 4.44. The van der Waals surface area contributed by atoms with Crippen molar-refractivity contribution in [1.29, 1.82) is 0 Å². The lowest BCUT2D eigenvalue weighted by molar-refractivity contribution is -0.138. The number of nitrogens with zero attached hydrogens (tertiary/aromatic N) is 4. The number of aryl methyl sites for hydroxylation is 2. The van der Waals surface area contributed by atoms with Crippen molar-refractivity contribution in [3.63, 3.8) is 0 Å². The minimum absolute atomic E-state index is 0.0287. The summed E-state index contributed by atoms with van der Waals surface area (Å²) < 4.78 is 27.6. The molecule has 8 nitrogen and oxygen atoms in total. The number of sulfonamides is 1. The third-order valence-electron chi connectivity index (χ3n) is 6.59. The summed E-state index contributed by atoms with van der Waals surface area (Å²) in [7, 11) is 0.474. The van der Waals surface area contributed by atoms with Crippen LogP contribution in [0.2, 0.25) is 0 Å². The first-order chi connectivity index (χ1) is 15.1. The van der Waals surface area contributed by atoms with Gasteiger partial charge < -0.3 is 14.7 Å². The van der Waals surface area contributed by atoms with Gasteiger partial charge in [-0.2, -0.15) is 4.31 Å². The molecule has 0 spiro atoms. The van der Waals surface area contributed by atoms with Gasteiger partial charge in [0.05, 0.1) is 4.90 Å². The maximum Gasteiger partial charge on any atom is 0.243 e. The van der Waals surface area contributed by atoms with E-state index in [2.05, 4.69) is 4.90 Å². The molecule has 2 amide bonds. The van der Waals surface area contributed by atoms with Crippen molar-refractivity contribution in [3.05, 3.63) is 29.3 Å². The van der Waals surface area contributed by atoms with Crippen molar-refractivity contribution >= 4 is 21.8 Å². The maximum absolute atomic E-state index is 13.1. The fraction of sp³-hybridized carbons (Fsp3) is 0.652. The Morgan fingerprint density at radius 3 is 2.22 bits per heavy atom. The SMILES string of the molecule is Cc1ccc(C)c(S(=O)(=O)N2CCN(C(=O)CCC(=O)N3CCCC(N(C)C)C3)CC2)c1. The Labute approximate surface area is 192 Å². The van der Waals surface area contributed by atoms with Gasteiger partial charge in [0.25, 0.3) is 0 Å². The third kappa shape index (κ3) is 5.68. The quantitative estimate of drug-likeness (QED) is 0.637. The van der Waals surface area contributed by atoms with Crippen LogP contribution >= 0.6 is 0 Å². The van der Waals surface area contributed by atoms with Crippen LogP contribution in [0.5, 0.6) is 0 Å². The molecule has 2 saturated heterocycles. The zero-order chi connectivity index (χ0) is 23.5. The Balaban J connectivity index is 1.50. The van der Waals surface area contributed by atoms with Crippen molar-refractivity contribution in [3.8, 4) is 0 Å². The van der Waals surface area contributed by atoms with Crippen molar-refractivity contribution in [2.75, 3.05) is 53.4 Å². The average Bonchev–Trinajstić information content (AvgIpc) is 2.78. The van der Waals surface area contributed by atoms with Gasteiger partial charge in [-0.15, -0.1) is 0 Å². The first-order valence-corrected chi connectivity index (χ1v) is 12.8. The molecule has 32 heavy (non-hydrogen) atoms. The normalized spacial score (nSPS) is 20.6. The molecule has 0 aliphatic carbocycles. The number of hydrogen-bond donors (Lipinski definition) is 0. The number of likely N-dealkylation sites (N-methyl/N-ethyl adjacent to an activating group) is 1. The van der Waals surface area contributed by atoms with Crippen LogP contribution in [0.4, 0.5) is 0 Å². The van der Waals surface area contributed by atoms with E-state index in [0.29, 0.717) is 24.0 Å². The summed E-state index contributed by atoms with van der Waals surface area (Å²) in [6, 6.07) is 5.80. The number of carbonyl (C=O) groups excluding carboxylic acids is 2. The Morgan fingerprint density at radius 1 is 0.969 bits per heavy atom. The molecule has 2 aliphatic heterocycles. The molecule has 0 bridgehead atoms. The van der Waals surface area contributed by atoms with E-state index in [0.717, 1.165) is 37.1 Å². The lowest BCUT2D eigenvalue weighted by atomic mass is 10.0. The van der Waals surface area contributed by atoms with E-state index in [1.54, 1.807) is 17.9 Å². The van der Waals surface area contributed by atoms with Crippen LogP contribution in [0, 0.1) is 13.8 Å². The van der Waals surface area contributed by atoms with Gasteiger partial charge in [0.15, 0.2) is 0 Å². The van der Waals surface area contributed by atoms with E-state index >= 15 is 0 Å². The predicted octanol–water partition coefficient (Wildman–Crippen LogP) is 1.47. The van der Waals surface area contributed by atoms with E-state index in [1.807, 2.05) is 38.1 Å². The number of likely N-dealkylation sites (tertiary alicyclic amines) is 1. The zero-order valence-corrected chi connectivity index (χ0v) is 20.5. The Morgan fingerprint density at radius 2 is 1.59 bits per heavy atom. The van der Waals surface area contributed by atoms with E-state index in [1.165, 1.54) is 4.31 Å². The Kier molecular flexibility index (Phi) is 7.95. The molecule has 178 valence electrons. The summed E-state index contributed by atoms with van der Waals surface area (Å²) in [5.41, 5.74) is 1.63. The van der Waals surface area contributed by atoms with Crippen LogP contribution in [0.3, 0.4) is 0 Å². The van der Waals surface area contributed by atoms with Gasteiger partial charge in [0, 0.05) is 58.2 Å². The summed E-state index contributed by atoms with van der Waals surface area (Å²) in [5.74, 6) is -0.0515. The molecule has 1 unspecified atom stereocenters. The first kappa shape index (κ1) is 24.7. The second-order valence-corrected chi connectivity index (χ2v) is 11.1. The van der Waals surface area contributed by atoms with Crippen molar-refractivity contribution in [2.24, 2.45) is 0 Å². The molecule has 3 rings (SSSR count). The molecular weight excluding hydrogens is 428 g/mol. The van der Waals surface area contributed by atoms with Crippen LogP contribution in [-0.4, -0.2) is 98.6 Å². The van der Waals surface area contributed by atoms with Crippen LogP contribution in [0.1, 0.15) is 36.8 Å². The zero-order valence-electron chi connectivity index (χ0n) is 19.7. The van der Waals surface area contributed by atoms with Gasteiger partial charge in [-0.05, 0) is 58.0 Å². The summed E-state index contributed by atoms with van der Waals surface area (Å²) in [6.45, 7) is 6.39. The highest BCUT2D eigenvalue weighted by atomic mass is 32.2.